The van der Waals surface area contributed by atoms with E-state index in [2.05, 4.69) is 5.73 Å². The summed E-state index contributed by atoms with van der Waals surface area (Å²) in [6.07, 6.45) is 2.53. The molecule has 0 bridgehead atoms. The van der Waals surface area contributed by atoms with Crippen molar-refractivity contribution in [3.05, 3.63) is 35.6 Å². The Hall–Kier alpha value is -0.930. The van der Waals surface area contributed by atoms with Crippen LogP contribution in [0.3, 0.4) is 0 Å². The van der Waals surface area contributed by atoms with Crippen molar-refractivity contribution < 1.29 is 15.0 Å². The van der Waals surface area contributed by atoms with Gasteiger partial charge in [0.2, 0.25) is 0 Å². The highest BCUT2D eigenvalue weighted by Crippen LogP contribution is 2.13. The van der Waals surface area contributed by atoms with Crippen LogP contribution in [0.15, 0.2) is 24.3 Å². The fraction of sp³-hybridized carbons (Fsp3) is 0.500. The van der Waals surface area contributed by atoms with Crippen molar-refractivity contribution in [2.75, 3.05) is 19.6 Å². The standard InChI is InChI=1S/C12H17FN2/c13-11-6-2-1-5-10(11)12(9-14)15-7-3-4-8-15/h1-2,5-6,12H,3-4,7-9,14H2/p+2/t12-/m1/s1. The van der Waals surface area contributed by atoms with Crippen LogP contribution in [0.2, 0.25) is 0 Å². The van der Waals surface area contributed by atoms with Gasteiger partial charge in [0.05, 0.1) is 18.7 Å². The Kier molecular flexibility index (Phi) is 3.34. The zero-order valence-electron chi connectivity index (χ0n) is 9.01. The molecule has 1 fully saturated rings. The molecule has 0 radical (unpaired) electrons. The molecule has 1 aromatic rings. The summed E-state index contributed by atoms with van der Waals surface area (Å²) in [6.45, 7) is 3.10. The molecule has 0 aliphatic carbocycles. The van der Waals surface area contributed by atoms with Gasteiger partial charge in [-0.15, -0.1) is 0 Å². The Balaban J connectivity index is 2.22. The molecule has 1 saturated heterocycles. The molecule has 0 amide bonds. The Labute approximate surface area is 89.9 Å². The minimum absolute atomic E-state index is 0.0782. The van der Waals surface area contributed by atoms with Gasteiger partial charge in [-0.3, -0.25) is 0 Å². The van der Waals surface area contributed by atoms with Gasteiger partial charge in [0, 0.05) is 12.8 Å². The minimum Gasteiger partial charge on any atom is -0.352 e. The predicted molar refractivity (Wildman–Crippen MR) is 56.8 cm³/mol. The summed E-state index contributed by atoms with van der Waals surface area (Å²) in [5.41, 5.74) is 4.80. The maximum atomic E-state index is 13.6. The van der Waals surface area contributed by atoms with Crippen LogP contribution in [-0.2, 0) is 0 Å². The van der Waals surface area contributed by atoms with Crippen LogP contribution < -0.4 is 10.6 Å². The topological polar surface area (TPSA) is 32.1 Å². The van der Waals surface area contributed by atoms with Crippen LogP contribution in [-0.4, -0.2) is 19.6 Å². The van der Waals surface area contributed by atoms with Crippen molar-refractivity contribution in [3.63, 3.8) is 0 Å². The molecule has 1 atom stereocenters. The third-order valence-electron chi connectivity index (χ3n) is 3.31. The van der Waals surface area contributed by atoms with Crippen LogP contribution in [0.25, 0.3) is 0 Å². The lowest BCUT2D eigenvalue weighted by Crippen LogP contribution is -3.11. The van der Waals surface area contributed by atoms with Gasteiger partial charge in [0.15, 0.2) is 6.04 Å². The van der Waals surface area contributed by atoms with Gasteiger partial charge in [-0.2, -0.15) is 0 Å². The van der Waals surface area contributed by atoms with Gasteiger partial charge in [-0.25, -0.2) is 4.39 Å². The van der Waals surface area contributed by atoms with Gasteiger partial charge >= 0.3 is 0 Å². The fourth-order valence-corrected chi connectivity index (χ4v) is 2.51. The summed E-state index contributed by atoms with van der Waals surface area (Å²) < 4.78 is 13.6. The van der Waals surface area contributed by atoms with Gasteiger partial charge in [-0.05, 0) is 12.1 Å². The van der Waals surface area contributed by atoms with Crippen molar-refractivity contribution in [1.82, 2.24) is 0 Å². The van der Waals surface area contributed by atoms with E-state index >= 15 is 0 Å². The molecular formula is C12H19FN2+2. The Bertz CT molecular complexity index is 321. The Morgan fingerprint density at radius 2 is 1.93 bits per heavy atom. The van der Waals surface area contributed by atoms with Gasteiger partial charge in [0.1, 0.15) is 12.4 Å². The van der Waals surface area contributed by atoms with E-state index in [-0.39, 0.29) is 11.9 Å². The van der Waals surface area contributed by atoms with Crippen molar-refractivity contribution in [1.29, 1.82) is 0 Å². The minimum atomic E-state index is -0.0782. The van der Waals surface area contributed by atoms with Gasteiger partial charge < -0.3 is 10.6 Å². The fourth-order valence-electron chi connectivity index (χ4n) is 2.51. The molecule has 1 aromatic carbocycles. The van der Waals surface area contributed by atoms with E-state index in [9.17, 15) is 4.39 Å². The first-order chi connectivity index (χ1) is 7.33. The lowest BCUT2D eigenvalue weighted by Gasteiger charge is -2.22. The molecule has 1 aliphatic heterocycles. The first-order valence-electron chi connectivity index (χ1n) is 5.71. The highest BCUT2D eigenvalue weighted by atomic mass is 19.1. The van der Waals surface area contributed by atoms with E-state index in [1.807, 2.05) is 12.1 Å². The molecule has 3 heteroatoms. The van der Waals surface area contributed by atoms with Gasteiger partial charge in [0.25, 0.3) is 0 Å². The van der Waals surface area contributed by atoms with E-state index in [0.717, 1.165) is 25.2 Å². The lowest BCUT2D eigenvalue weighted by molar-refractivity contribution is -0.926. The summed E-state index contributed by atoms with van der Waals surface area (Å²) >= 11 is 0. The van der Waals surface area contributed by atoms with Crippen molar-refractivity contribution in [2.45, 2.75) is 18.9 Å². The SMILES string of the molecule is [NH3+]C[C@H](c1ccccc1F)[NH+]1CCCC1. The molecule has 0 spiro atoms. The maximum Gasteiger partial charge on any atom is 0.165 e. The summed E-state index contributed by atoms with van der Waals surface area (Å²) in [5.74, 6) is -0.0782. The van der Waals surface area contributed by atoms with Gasteiger partial charge in [-0.1, -0.05) is 12.1 Å². The molecular weight excluding hydrogens is 191 g/mol. The van der Waals surface area contributed by atoms with Crippen LogP contribution in [0.5, 0.6) is 0 Å². The second kappa shape index (κ2) is 4.73. The molecule has 82 valence electrons. The van der Waals surface area contributed by atoms with Crippen molar-refractivity contribution in [3.8, 4) is 0 Å². The molecule has 0 unspecified atom stereocenters. The summed E-state index contributed by atoms with van der Waals surface area (Å²) in [7, 11) is 0. The lowest BCUT2D eigenvalue weighted by atomic mass is 10.1. The number of benzene rings is 1. The Morgan fingerprint density at radius 1 is 1.27 bits per heavy atom. The van der Waals surface area contributed by atoms with Crippen LogP contribution in [0.1, 0.15) is 24.4 Å². The zero-order chi connectivity index (χ0) is 10.7. The van der Waals surface area contributed by atoms with Crippen molar-refractivity contribution >= 4 is 0 Å². The smallest absolute Gasteiger partial charge is 0.165 e. The molecule has 0 aromatic heterocycles. The number of likely N-dealkylation sites (tertiary alicyclic amines) is 1. The van der Waals surface area contributed by atoms with E-state index in [1.165, 1.54) is 17.7 Å². The number of rotatable bonds is 3. The highest BCUT2D eigenvalue weighted by molar-refractivity contribution is 5.19. The summed E-state index contributed by atoms with van der Waals surface area (Å²) in [4.78, 5) is 1.50. The molecule has 1 aliphatic rings. The van der Waals surface area contributed by atoms with E-state index < -0.39 is 0 Å². The predicted octanol–water partition coefficient (Wildman–Crippen LogP) is -0.213. The molecule has 15 heavy (non-hydrogen) atoms. The monoisotopic (exact) mass is 210 g/mol. The molecule has 4 N–H and O–H groups in total. The van der Waals surface area contributed by atoms with E-state index in [1.54, 1.807) is 12.1 Å². The average Bonchev–Trinajstić information content (AvgIpc) is 2.75. The average molecular weight is 210 g/mol. The zero-order valence-corrected chi connectivity index (χ0v) is 9.01. The largest absolute Gasteiger partial charge is 0.352 e. The highest BCUT2D eigenvalue weighted by Gasteiger charge is 2.29. The van der Waals surface area contributed by atoms with E-state index in [0.29, 0.717) is 0 Å². The van der Waals surface area contributed by atoms with Crippen LogP contribution in [0.4, 0.5) is 4.39 Å². The van der Waals surface area contributed by atoms with Crippen LogP contribution in [0, 0.1) is 5.82 Å². The first kappa shape index (κ1) is 10.6. The normalized spacial score (nSPS) is 19.3. The second-order valence-corrected chi connectivity index (χ2v) is 4.23. The maximum absolute atomic E-state index is 13.6. The molecule has 1 heterocycles. The quantitative estimate of drug-likeness (QED) is 0.692. The first-order valence-corrected chi connectivity index (χ1v) is 5.71. The summed E-state index contributed by atoms with van der Waals surface area (Å²) in [5, 5.41) is 0. The third kappa shape index (κ3) is 2.19. The number of hydrogen-bond donors (Lipinski definition) is 2. The number of hydrogen-bond acceptors (Lipinski definition) is 0. The number of quaternary nitrogens is 2. The molecule has 2 rings (SSSR count). The second-order valence-electron chi connectivity index (χ2n) is 4.23. The number of halogens is 1. The van der Waals surface area contributed by atoms with Crippen molar-refractivity contribution in [2.24, 2.45) is 0 Å². The molecule has 0 saturated carbocycles. The number of nitrogens with one attached hydrogen (secondary N) is 1. The Morgan fingerprint density at radius 3 is 2.53 bits per heavy atom. The van der Waals surface area contributed by atoms with E-state index in [4.69, 9.17) is 0 Å². The molecule has 2 nitrogen and oxygen atoms in total. The summed E-state index contributed by atoms with van der Waals surface area (Å²) in [6, 6.07) is 7.35. The third-order valence-corrected chi connectivity index (χ3v) is 3.31. The van der Waals surface area contributed by atoms with Crippen LogP contribution >= 0.6 is 0 Å².